The average molecular weight is 275 g/mol. The van der Waals surface area contributed by atoms with Crippen molar-refractivity contribution in [2.75, 3.05) is 5.73 Å². The van der Waals surface area contributed by atoms with Gasteiger partial charge in [0.2, 0.25) is 0 Å². The lowest BCUT2D eigenvalue weighted by Crippen LogP contribution is -2.08. The topological polar surface area (TPSA) is 56.0 Å². The Hall–Kier alpha value is -1.87. The number of Topliss-reactive ketones (excluding diaryl/α,β-unsaturated/α-hetero) is 1. The number of anilines is 1. The molecule has 1 aromatic carbocycles. The van der Waals surface area contributed by atoms with Gasteiger partial charge in [0.05, 0.1) is 6.42 Å². The quantitative estimate of drug-likeness (QED) is 0.687. The number of aromatic nitrogens is 1. The maximum absolute atomic E-state index is 12.1. The zero-order valence-electron chi connectivity index (χ0n) is 10.7. The SMILES string of the molecule is CCc1ccc(CC(=O)c2ccc(Cl)cc2N)nc1. The van der Waals surface area contributed by atoms with Gasteiger partial charge in [0.25, 0.3) is 0 Å². The Bertz CT molecular complexity index is 594. The van der Waals surface area contributed by atoms with Crippen molar-refractivity contribution in [1.29, 1.82) is 0 Å². The van der Waals surface area contributed by atoms with Crippen LogP contribution in [0.5, 0.6) is 0 Å². The Balaban J connectivity index is 2.15. The molecule has 1 heterocycles. The van der Waals surface area contributed by atoms with Crippen molar-refractivity contribution in [2.45, 2.75) is 19.8 Å². The monoisotopic (exact) mass is 274 g/mol. The fraction of sp³-hybridized carbons (Fsp3) is 0.200. The normalized spacial score (nSPS) is 10.4. The summed E-state index contributed by atoms with van der Waals surface area (Å²) in [6.45, 7) is 2.07. The summed E-state index contributed by atoms with van der Waals surface area (Å²) in [5, 5.41) is 0.527. The molecule has 4 heteroatoms. The van der Waals surface area contributed by atoms with Crippen molar-refractivity contribution in [3.05, 3.63) is 58.4 Å². The number of hydrogen-bond donors (Lipinski definition) is 1. The summed E-state index contributed by atoms with van der Waals surface area (Å²) in [6, 6.07) is 8.77. The lowest BCUT2D eigenvalue weighted by molar-refractivity contribution is 0.0993. The van der Waals surface area contributed by atoms with Gasteiger partial charge in [-0.1, -0.05) is 24.6 Å². The van der Waals surface area contributed by atoms with Crippen molar-refractivity contribution in [2.24, 2.45) is 0 Å². The summed E-state index contributed by atoms with van der Waals surface area (Å²) in [7, 11) is 0. The molecule has 0 aliphatic rings. The molecule has 0 atom stereocenters. The summed E-state index contributed by atoms with van der Waals surface area (Å²) in [4.78, 5) is 16.4. The van der Waals surface area contributed by atoms with E-state index in [2.05, 4.69) is 11.9 Å². The minimum absolute atomic E-state index is 0.0501. The van der Waals surface area contributed by atoms with Crippen LogP contribution in [0.3, 0.4) is 0 Å². The van der Waals surface area contributed by atoms with Crippen LogP contribution in [0.1, 0.15) is 28.5 Å². The van der Waals surface area contributed by atoms with Crippen molar-refractivity contribution >= 4 is 23.1 Å². The third-order valence-corrected chi connectivity index (χ3v) is 3.19. The van der Waals surface area contributed by atoms with Gasteiger partial charge in [0.15, 0.2) is 5.78 Å². The number of hydrogen-bond acceptors (Lipinski definition) is 3. The molecule has 0 fully saturated rings. The summed E-state index contributed by atoms with van der Waals surface area (Å²) < 4.78 is 0. The number of nitrogens with zero attached hydrogens (tertiary/aromatic N) is 1. The second-order valence-corrected chi connectivity index (χ2v) is 4.78. The predicted molar refractivity (Wildman–Crippen MR) is 77.5 cm³/mol. The van der Waals surface area contributed by atoms with Gasteiger partial charge in [-0.05, 0) is 36.2 Å². The minimum Gasteiger partial charge on any atom is -0.398 e. The first-order chi connectivity index (χ1) is 9.10. The first kappa shape index (κ1) is 13.6. The number of carbonyl (C=O) groups is 1. The molecule has 1 aromatic heterocycles. The summed E-state index contributed by atoms with van der Waals surface area (Å²) in [6.07, 6.45) is 2.98. The molecule has 98 valence electrons. The number of carbonyl (C=O) groups excluding carboxylic acids is 1. The molecule has 0 aliphatic carbocycles. The molecule has 0 saturated heterocycles. The summed E-state index contributed by atoms with van der Waals surface area (Å²) in [5.41, 5.74) is 8.59. The molecule has 0 unspecified atom stereocenters. The van der Waals surface area contributed by atoms with Crippen LogP contribution < -0.4 is 5.73 Å². The highest BCUT2D eigenvalue weighted by Crippen LogP contribution is 2.19. The Morgan fingerprint density at radius 3 is 2.68 bits per heavy atom. The number of nitrogens with two attached hydrogens (primary N) is 1. The van der Waals surface area contributed by atoms with Crippen molar-refractivity contribution in [3.8, 4) is 0 Å². The van der Waals surface area contributed by atoms with Crippen LogP contribution in [-0.2, 0) is 12.8 Å². The zero-order valence-corrected chi connectivity index (χ0v) is 11.4. The first-order valence-corrected chi connectivity index (χ1v) is 6.50. The Morgan fingerprint density at radius 1 is 1.32 bits per heavy atom. The average Bonchev–Trinajstić information content (AvgIpc) is 2.39. The van der Waals surface area contributed by atoms with Crippen LogP contribution >= 0.6 is 11.6 Å². The molecule has 0 radical (unpaired) electrons. The fourth-order valence-electron chi connectivity index (χ4n) is 1.82. The second-order valence-electron chi connectivity index (χ2n) is 4.34. The van der Waals surface area contributed by atoms with E-state index in [1.165, 1.54) is 0 Å². The van der Waals surface area contributed by atoms with Gasteiger partial charge < -0.3 is 5.73 Å². The largest absolute Gasteiger partial charge is 0.398 e. The second kappa shape index (κ2) is 5.85. The van der Waals surface area contributed by atoms with Gasteiger partial charge in [-0.15, -0.1) is 0 Å². The molecular formula is C15H15ClN2O. The third-order valence-electron chi connectivity index (χ3n) is 2.95. The molecule has 2 rings (SSSR count). The molecule has 0 amide bonds. The van der Waals surface area contributed by atoms with Gasteiger partial charge >= 0.3 is 0 Å². The van der Waals surface area contributed by atoms with Gasteiger partial charge in [0, 0.05) is 28.2 Å². The Morgan fingerprint density at radius 2 is 2.11 bits per heavy atom. The molecule has 0 saturated carbocycles. The number of benzene rings is 1. The lowest BCUT2D eigenvalue weighted by atomic mass is 10.0. The van der Waals surface area contributed by atoms with Crippen LogP contribution in [0.15, 0.2) is 36.5 Å². The smallest absolute Gasteiger partial charge is 0.170 e. The highest BCUT2D eigenvalue weighted by molar-refractivity contribution is 6.31. The molecule has 19 heavy (non-hydrogen) atoms. The van der Waals surface area contributed by atoms with Gasteiger partial charge in [-0.2, -0.15) is 0 Å². The van der Waals surface area contributed by atoms with Crippen LogP contribution in [0.2, 0.25) is 5.02 Å². The number of rotatable bonds is 4. The van der Waals surface area contributed by atoms with Crippen LogP contribution in [-0.4, -0.2) is 10.8 Å². The maximum Gasteiger partial charge on any atom is 0.170 e. The van der Waals surface area contributed by atoms with Gasteiger partial charge in [0.1, 0.15) is 0 Å². The molecule has 0 spiro atoms. The van der Waals surface area contributed by atoms with E-state index in [1.807, 2.05) is 12.1 Å². The lowest BCUT2D eigenvalue weighted by Gasteiger charge is -2.05. The number of nitrogen functional groups attached to an aromatic ring is 1. The van der Waals surface area contributed by atoms with Gasteiger partial charge in [-0.3, -0.25) is 9.78 Å². The number of halogens is 1. The van der Waals surface area contributed by atoms with E-state index >= 15 is 0 Å². The molecule has 3 nitrogen and oxygen atoms in total. The van der Waals surface area contributed by atoms with Crippen molar-refractivity contribution < 1.29 is 4.79 Å². The molecule has 0 bridgehead atoms. The third kappa shape index (κ3) is 3.32. The zero-order chi connectivity index (χ0) is 13.8. The minimum atomic E-state index is -0.0501. The Kier molecular flexibility index (Phi) is 4.17. The fourth-order valence-corrected chi connectivity index (χ4v) is 2.00. The van der Waals surface area contributed by atoms with Crippen LogP contribution in [0.25, 0.3) is 0 Å². The predicted octanol–water partition coefficient (Wildman–Crippen LogP) is 3.31. The van der Waals surface area contributed by atoms with Crippen LogP contribution in [0, 0.1) is 0 Å². The Labute approximate surface area is 117 Å². The molecular weight excluding hydrogens is 260 g/mol. The van der Waals surface area contributed by atoms with Gasteiger partial charge in [-0.25, -0.2) is 0 Å². The van der Waals surface area contributed by atoms with E-state index in [4.69, 9.17) is 17.3 Å². The highest BCUT2D eigenvalue weighted by atomic mass is 35.5. The number of ketones is 1. The summed E-state index contributed by atoms with van der Waals surface area (Å²) in [5.74, 6) is -0.0501. The molecule has 2 N–H and O–H groups in total. The highest BCUT2D eigenvalue weighted by Gasteiger charge is 2.11. The first-order valence-electron chi connectivity index (χ1n) is 6.12. The van der Waals surface area contributed by atoms with E-state index < -0.39 is 0 Å². The van der Waals surface area contributed by atoms with E-state index in [-0.39, 0.29) is 12.2 Å². The summed E-state index contributed by atoms with van der Waals surface area (Å²) >= 11 is 5.81. The van der Waals surface area contributed by atoms with E-state index in [9.17, 15) is 4.79 Å². The molecule has 0 aliphatic heterocycles. The number of aryl methyl sites for hydroxylation is 1. The molecule has 2 aromatic rings. The van der Waals surface area contributed by atoms with Crippen molar-refractivity contribution in [1.82, 2.24) is 4.98 Å². The van der Waals surface area contributed by atoms with E-state index in [0.29, 0.717) is 16.3 Å². The standard InChI is InChI=1S/C15H15ClN2O/c1-2-10-3-5-12(18-9-10)8-15(19)13-6-4-11(16)7-14(13)17/h3-7,9H,2,8,17H2,1H3. The van der Waals surface area contributed by atoms with Crippen molar-refractivity contribution in [3.63, 3.8) is 0 Å². The van der Waals surface area contributed by atoms with Crippen LogP contribution in [0.4, 0.5) is 5.69 Å². The number of pyridine rings is 1. The maximum atomic E-state index is 12.1. The van der Waals surface area contributed by atoms with E-state index in [1.54, 1.807) is 24.4 Å². The van der Waals surface area contributed by atoms with E-state index in [0.717, 1.165) is 17.7 Å².